The molecular formula is C21H17B3Cl2F3N3O5. The summed E-state index contributed by atoms with van der Waals surface area (Å²) in [7, 11) is 5.04. The molecule has 0 unspecified atom stereocenters. The number of carbonyl (C=O) groups is 2. The maximum absolute atomic E-state index is 13.1. The molecule has 0 saturated heterocycles. The average Bonchev–Trinajstić information content (AvgIpc) is 2.73. The van der Waals surface area contributed by atoms with Gasteiger partial charge >= 0.3 is 6.36 Å². The van der Waals surface area contributed by atoms with E-state index in [-0.39, 0.29) is 44.2 Å². The molecular weight excluding hydrogens is 535 g/mol. The first kappa shape index (κ1) is 28.1. The SMILES string of the molecule is BC(B)(B)Oc1cc(OC(F)(F)F)ccc1Oc1cc(Cl)cc(Cl)c1C(=O)Nc1ccc(C(N)=O)nc1. The Morgan fingerprint density at radius 1 is 0.946 bits per heavy atom. The van der Waals surface area contributed by atoms with E-state index >= 15 is 0 Å². The van der Waals surface area contributed by atoms with E-state index < -0.39 is 29.2 Å². The second-order valence-corrected chi connectivity index (χ2v) is 9.33. The van der Waals surface area contributed by atoms with E-state index in [1.807, 2.05) is 0 Å². The van der Waals surface area contributed by atoms with E-state index in [1.54, 1.807) is 23.5 Å². The third-order valence-corrected chi connectivity index (χ3v) is 4.82. The van der Waals surface area contributed by atoms with Crippen LogP contribution in [0, 0.1) is 0 Å². The van der Waals surface area contributed by atoms with Gasteiger partial charge in [-0.15, -0.1) is 13.2 Å². The zero-order valence-electron chi connectivity index (χ0n) is 19.6. The molecule has 0 aliphatic heterocycles. The second-order valence-electron chi connectivity index (χ2n) is 8.48. The van der Waals surface area contributed by atoms with Gasteiger partial charge < -0.3 is 25.3 Å². The van der Waals surface area contributed by atoms with Crippen LogP contribution in [0.25, 0.3) is 0 Å². The second kappa shape index (κ2) is 10.9. The van der Waals surface area contributed by atoms with Gasteiger partial charge in [0.25, 0.3) is 11.8 Å². The smallest absolute Gasteiger partial charge is 0.510 e. The summed E-state index contributed by atoms with van der Waals surface area (Å²) in [5, 5.41) is 1.79. The van der Waals surface area contributed by atoms with Crippen LogP contribution in [0.3, 0.4) is 0 Å². The molecule has 0 bridgehead atoms. The number of carbonyl (C=O) groups excluding carboxylic acids is 2. The molecule has 8 nitrogen and oxygen atoms in total. The number of amides is 2. The Labute approximate surface area is 221 Å². The van der Waals surface area contributed by atoms with Crippen molar-refractivity contribution < 1.29 is 37.0 Å². The van der Waals surface area contributed by atoms with E-state index in [9.17, 15) is 22.8 Å². The predicted molar refractivity (Wildman–Crippen MR) is 139 cm³/mol. The number of hydrogen-bond acceptors (Lipinski definition) is 6. The standard InChI is InChI=1S/C21H17B3Cl2F3N3O5/c22-20(23,24)37-15-7-11(36-21(27,28)29)2-4-14(15)35-16-6-9(25)5-12(26)17(16)19(34)32-10-1-3-13(18(30)33)31-8-10/h1-8H,22-24H2,(H2,30,33)(H,32,34). The molecule has 3 aromatic rings. The number of nitrogens with zero attached hydrogens (tertiary/aromatic N) is 1. The molecule has 2 amide bonds. The molecule has 0 saturated carbocycles. The Balaban J connectivity index is 1.99. The Bertz CT molecular complexity index is 1340. The van der Waals surface area contributed by atoms with Crippen LogP contribution in [-0.4, -0.2) is 52.0 Å². The first-order chi connectivity index (χ1) is 17.1. The van der Waals surface area contributed by atoms with Crippen molar-refractivity contribution in [1.29, 1.82) is 0 Å². The largest absolute Gasteiger partial charge is 0.573 e. The van der Waals surface area contributed by atoms with E-state index in [2.05, 4.69) is 15.0 Å². The molecule has 0 aliphatic rings. The highest BCUT2D eigenvalue weighted by atomic mass is 35.5. The van der Waals surface area contributed by atoms with Gasteiger partial charge in [0.05, 0.1) is 16.9 Å². The number of rotatable bonds is 8. The monoisotopic (exact) mass is 551 g/mol. The van der Waals surface area contributed by atoms with Gasteiger partial charge in [0.1, 0.15) is 46.3 Å². The lowest BCUT2D eigenvalue weighted by Crippen LogP contribution is -2.37. The lowest BCUT2D eigenvalue weighted by molar-refractivity contribution is -0.274. The topological polar surface area (TPSA) is 113 Å². The summed E-state index contributed by atoms with van der Waals surface area (Å²) in [6.07, 6.45) is -3.70. The van der Waals surface area contributed by atoms with Gasteiger partial charge in [0.2, 0.25) is 0 Å². The first-order valence-electron chi connectivity index (χ1n) is 10.4. The van der Waals surface area contributed by atoms with Crippen LogP contribution >= 0.6 is 23.2 Å². The van der Waals surface area contributed by atoms with Crippen molar-refractivity contribution in [1.82, 2.24) is 4.98 Å². The van der Waals surface area contributed by atoms with E-state index in [0.29, 0.717) is 0 Å². The lowest BCUT2D eigenvalue weighted by Gasteiger charge is -2.24. The average molecular weight is 552 g/mol. The Kier molecular flexibility index (Phi) is 8.23. The number of alkyl halides is 3. The highest BCUT2D eigenvalue weighted by molar-refractivity contribution is 6.58. The summed E-state index contributed by atoms with van der Waals surface area (Å²) in [4.78, 5) is 28.1. The quantitative estimate of drug-likeness (QED) is 0.416. The van der Waals surface area contributed by atoms with Gasteiger partial charge in [-0.3, -0.25) is 9.59 Å². The zero-order valence-corrected chi connectivity index (χ0v) is 21.1. The van der Waals surface area contributed by atoms with Crippen LogP contribution in [-0.2, 0) is 0 Å². The first-order valence-corrected chi connectivity index (χ1v) is 11.2. The number of nitrogens with one attached hydrogen (secondary N) is 1. The van der Waals surface area contributed by atoms with Gasteiger partial charge in [-0.05, 0) is 30.3 Å². The number of benzene rings is 2. The van der Waals surface area contributed by atoms with Crippen molar-refractivity contribution in [3.63, 3.8) is 0 Å². The van der Waals surface area contributed by atoms with Crippen molar-refractivity contribution in [3.05, 3.63) is 70.0 Å². The predicted octanol–water partition coefficient (Wildman–Crippen LogP) is 2.32. The van der Waals surface area contributed by atoms with Crippen LogP contribution in [0.1, 0.15) is 20.8 Å². The van der Waals surface area contributed by atoms with Crippen molar-refractivity contribution in [2.24, 2.45) is 5.73 Å². The van der Waals surface area contributed by atoms with Crippen molar-refractivity contribution >= 4 is 64.2 Å². The van der Waals surface area contributed by atoms with Gasteiger partial charge in [0, 0.05) is 22.5 Å². The van der Waals surface area contributed by atoms with Crippen LogP contribution in [0.2, 0.25) is 10.0 Å². The summed E-state index contributed by atoms with van der Waals surface area (Å²) < 4.78 is 53.8. The van der Waals surface area contributed by atoms with Gasteiger partial charge in [-0.1, -0.05) is 23.2 Å². The van der Waals surface area contributed by atoms with Crippen LogP contribution < -0.4 is 25.3 Å². The van der Waals surface area contributed by atoms with E-state index in [4.69, 9.17) is 38.4 Å². The fourth-order valence-electron chi connectivity index (χ4n) is 2.96. The molecule has 37 heavy (non-hydrogen) atoms. The van der Waals surface area contributed by atoms with E-state index in [1.165, 1.54) is 36.5 Å². The number of primary amides is 1. The Hall–Kier alpha value is -3.51. The van der Waals surface area contributed by atoms with Gasteiger partial charge in [-0.25, -0.2) is 4.98 Å². The molecule has 190 valence electrons. The minimum atomic E-state index is -4.92. The summed E-state index contributed by atoms with van der Waals surface area (Å²) in [6, 6.07) is 8.56. The molecule has 16 heteroatoms. The zero-order chi connectivity index (χ0) is 27.5. The maximum atomic E-state index is 13.1. The summed E-state index contributed by atoms with van der Waals surface area (Å²) in [5.74, 6) is -2.24. The Morgan fingerprint density at radius 3 is 2.22 bits per heavy atom. The molecule has 0 atom stereocenters. The summed E-state index contributed by atoms with van der Waals surface area (Å²) in [5.41, 5.74) is 5.24. The minimum absolute atomic E-state index is 0.00382. The van der Waals surface area contributed by atoms with Crippen molar-refractivity contribution in [3.8, 4) is 23.0 Å². The number of ether oxygens (including phenoxy) is 3. The molecule has 3 rings (SSSR count). The molecule has 0 radical (unpaired) electrons. The third-order valence-electron chi connectivity index (χ3n) is 4.30. The van der Waals surface area contributed by atoms with E-state index in [0.717, 1.165) is 12.1 Å². The number of hydrogen-bond donors (Lipinski definition) is 2. The molecule has 1 aromatic heterocycles. The molecule has 0 fully saturated rings. The van der Waals surface area contributed by atoms with Crippen molar-refractivity contribution in [2.45, 2.75) is 11.7 Å². The number of anilines is 1. The van der Waals surface area contributed by atoms with Crippen LogP contribution in [0.5, 0.6) is 23.0 Å². The lowest BCUT2D eigenvalue weighted by atomic mass is 9.52. The normalized spacial score (nSPS) is 11.5. The van der Waals surface area contributed by atoms with Gasteiger partial charge in [0.15, 0.2) is 11.5 Å². The van der Waals surface area contributed by atoms with Crippen molar-refractivity contribution in [2.75, 3.05) is 5.32 Å². The molecule has 1 heterocycles. The number of aromatic nitrogens is 1. The molecule has 0 spiro atoms. The highest BCUT2D eigenvalue weighted by Gasteiger charge is 2.32. The Morgan fingerprint density at radius 2 is 1.65 bits per heavy atom. The fraction of sp³-hybridized carbons (Fsp3) is 0.0952. The molecule has 0 aliphatic carbocycles. The van der Waals surface area contributed by atoms with Gasteiger partial charge in [-0.2, -0.15) is 0 Å². The number of halogens is 5. The minimum Gasteiger partial charge on any atom is -0.510 e. The van der Waals surface area contributed by atoms with Crippen LogP contribution in [0.15, 0.2) is 48.7 Å². The number of pyridine rings is 1. The molecule has 2 aromatic carbocycles. The summed E-state index contributed by atoms with van der Waals surface area (Å²) in [6.45, 7) is 0. The summed E-state index contributed by atoms with van der Waals surface area (Å²) >= 11 is 12.4. The highest BCUT2D eigenvalue weighted by Crippen LogP contribution is 2.40. The maximum Gasteiger partial charge on any atom is 0.573 e. The molecule has 3 N–H and O–H groups in total. The third kappa shape index (κ3) is 7.99. The number of nitrogens with two attached hydrogens (primary N) is 1. The fourth-order valence-corrected chi connectivity index (χ4v) is 3.52. The van der Waals surface area contributed by atoms with Crippen LogP contribution in [0.4, 0.5) is 18.9 Å².